The van der Waals surface area contributed by atoms with E-state index in [9.17, 15) is 14.9 Å². The average molecular weight is 319 g/mol. The third kappa shape index (κ3) is 3.72. The minimum atomic E-state index is -0.561. The molecule has 1 aliphatic rings. The van der Waals surface area contributed by atoms with Crippen LogP contribution in [0.3, 0.4) is 0 Å². The fraction of sp³-hybridized carbons (Fsp3) is 0.583. The van der Waals surface area contributed by atoms with E-state index in [4.69, 9.17) is 10.5 Å². The zero-order chi connectivity index (χ0) is 14.7. The summed E-state index contributed by atoms with van der Waals surface area (Å²) in [6.07, 6.45) is 1.52. The third-order valence-electron chi connectivity index (χ3n) is 3.63. The predicted octanol–water partition coefficient (Wildman–Crippen LogP) is 0.923. The number of aromatic nitrogens is 1. The molecule has 0 aromatic carbocycles. The van der Waals surface area contributed by atoms with E-state index in [0.717, 1.165) is 6.42 Å². The molecule has 9 heteroatoms. The van der Waals surface area contributed by atoms with Crippen molar-refractivity contribution in [2.75, 3.05) is 20.2 Å². The van der Waals surface area contributed by atoms with Gasteiger partial charge in [-0.25, -0.2) is 4.98 Å². The molecule has 2 rings (SSSR count). The molecule has 8 nitrogen and oxygen atoms in total. The Hall–Kier alpha value is -1.64. The van der Waals surface area contributed by atoms with Gasteiger partial charge in [-0.3, -0.25) is 4.79 Å². The van der Waals surface area contributed by atoms with Crippen LogP contribution in [0.4, 0.5) is 5.82 Å². The number of likely N-dealkylation sites (tertiary alicyclic amines) is 1. The Kier molecular flexibility index (Phi) is 6.13. The summed E-state index contributed by atoms with van der Waals surface area (Å²) < 4.78 is 5.30. The molecule has 0 aliphatic carbocycles. The Bertz CT molecular complexity index is 507. The van der Waals surface area contributed by atoms with Crippen LogP contribution in [0.2, 0.25) is 0 Å². The first-order chi connectivity index (χ1) is 9.56. The van der Waals surface area contributed by atoms with Crippen LogP contribution in [0.5, 0.6) is 0 Å². The SMILES string of the molecule is COC1CCN(C(=O)c2ccc([N+](=O)[O-])[nH]2)C(CN)C1.Cl. The summed E-state index contributed by atoms with van der Waals surface area (Å²) in [7, 11) is 1.64. The molecule has 118 valence electrons. The third-order valence-corrected chi connectivity index (χ3v) is 3.63. The van der Waals surface area contributed by atoms with Gasteiger partial charge in [0.25, 0.3) is 5.91 Å². The highest BCUT2D eigenvalue weighted by molar-refractivity contribution is 5.93. The zero-order valence-electron chi connectivity index (χ0n) is 11.7. The number of carbonyl (C=O) groups excluding carboxylic acids is 1. The first kappa shape index (κ1) is 17.4. The number of halogens is 1. The number of hydrogen-bond donors (Lipinski definition) is 2. The van der Waals surface area contributed by atoms with Crippen LogP contribution in [0, 0.1) is 10.1 Å². The predicted molar refractivity (Wildman–Crippen MR) is 78.6 cm³/mol. The number of rotatable bonds is 4. The molecular weight excluding hydrogens is 300 g/mol. The van der Waals surface area contributed by atoms with Crippen molar-refractivity contribution in [3.63, 3.8) is 0 Å². The van der Waals surface area contributed by atoms with Crippen molar-refractivity contribution in [3.8, 4) is 0 Å². The molecule has 2 atom stereocenters. The van der Waals surface area contributed by atoms with Crippen molar-refractivity contribution in [1.82, 2.24) is 9.88 Å². The van der Waals surface area contributed by atoms with Gasteiger partial charge in [-0.1, -0.05) is 0 Å². The van der Waals surface area contributed by atoms with Crippen molar-refractivity contribution < 1.29 is 14.5 Å². The molecule has 1 aliphatic heterocycles. The van der Waals surface area contributed by atoms with Crippen molar-refractivity contribution in [2.24, 2.45) is 5.73 Å². The summed E-state index contributed by atoms with van der Waals surface area (Å²) in [4.78, 5) is 26.6. The van der Waals surface area contributed by atoms with Crippen molar-refractivity contribution in [2.45, 2.75) is 25.0 Å². The molecule has 1 saturated heterocycles. The van der Waals surface area contributed by atoms with E-state index in [1.165, 1.54) is 12.1 Å². The average Bonchev–Trinajstić information content (AvgIpc) is 2.95. The lowest BCUT2D eigenvalue weighted by Crippen LogP contribution is -2.51. The van der Waals surface area contributed by atoms with Crippen molar-refractivity contribution in [3.05, 3.63) is 27.9 Å². The molecule has 1 aromatic rings. The fourth-order valence-electron chi connectivity index (χ4n) is 2.49. The summed E-state index contributed by atoms with van der Waals surface area (Å²) in [6.45, 7) is 0.875. The number of nitrogens with two attached hydrogens (primary N) is 1. The number of piperidine rings is 1. The molecule has 1 aromatic heterocycles. The van der Waals surface area contributed by atoms with Gasteiger partial charge in [-0.2, -0.15) is 0 Å². The van der Waals surface area contributed by atoms with Crippen LogP contribution in [-0.4, -0.2) is 53.1 Å². The number of aromatic amines is 1. The Labute approximate surface area is 128 Å². The van der Waals surface area contributed by atoms with E-state index < -0.39 is 4.92 Å². The zero-order valence-corrected chi connectivity index (χ0v) is 12.5. The standard InChI is InChI=1S/C12H18N4O4.ClH/c1-20-9-4-5-15(8(6-9)7-13)12(17)10-2-3-11(14-10)16(18)19;/h2-3,8-9,14H,4-7,13H2,1H3;1H. The van der Waals surface area contributed by atoms with Crippen molar-refractivity contribution >= 4 is 24.1 Å². The number of amides is 1. The van der Waals surface area contributed by atoms with E-state index in [1.807, 2.05) is 0 Å². The Morgan fingerprint density at radius 2 is 2.33 bits per heavy atom. The van der Waals surface area contributed by atoms with E-state index in [-0.39, 0.29) is 42.0 Å². The fourth-order valence-corrected chi connectivity index (χ4v) is 2.49. The van der Waals surface area contributed by atoms with Crippen molar-refractivity contribution in [1.29, 1.82) is 0 Å². The van der Waals surface area contributed by atoms with Gasteiger partial charge in [0.15, 0.2) is 5.69 Å². The molecule has 0 saturated carbocycles. The number of methoxy groups -OCH3 is 1. The number of ether oxygens (including phenoxy) is 1. The molecule has 1 amide bonds. The van der Waals surface area contributed by atoms with Gasteiger partial charge in [0.2, 0.25) is 0 Å². The van der Waals surface area contributed by atoms with Gasteiger partial charge >= 0.3 is 5.82 Å². The highest BCUT2D eigenvalue weighted by atomic mass is 35.5. The van der Waals surface area contributed by atoms with E-state index in [1.54, 1.807) is 12.0 Å². The van der Waals surface area contributed by atoms with Gasteiger partial charge in [0.05, 0.1) is 6.10 Å². The Morgan fingerprint density at radius 1 is 1.62 bits per heavy atom. The normalized spacial score (nSPS) is 21.7. The van der Waals surface area contributed by atoms with Crippen LogP contribution in [0.25, 0.3) is 0 Å². The first-order valence-electron chi connectivity index (χ1n) is 6.44. The second kappa shape index (κ2) is 7.39. The summed E-state index contributed by atoms with van der Waals surface area (Å²) in [5, 5.41) is 10.6. The molecule has 2 unspecified atom stereocenters. The number of hydrogen-bond acceptors (Lipinski definition) is 5. The summed E-state index contributed by atoms with van der Waals surface area (Å²) in [5.74, 6) is -0.451. The van der Waals surface area contributed by atoms with Gasteiger partial charge in [-0.15, -0.1) is 12.4 Å². The van der Waals surface area contributed by atoms with Crippen LogP contribution in [-0.2, 0) is 4.74 Å². The van der Waals surface area contributed by atoms with Gasteiger partial charge in [0.1, 0.15) is 0 Å². The lowest BCUT2D eigenvalue weighted by molar-refractivity contribution is -0.389. The van der Waals surface area contributed by atoms with E-state index in [2.05, 4.69) is 4.98 Å². The molecule has 0 spiro atoms. The van der Waals surface area contributed by atoms with E-state index >= 15 is 0 Å². The highest BCUT2D eigenvalue weighted by Crippen LogP contribution is 2.22. The minimum Gasteiger partial charge on any atom is -0.381 e. The molecule has 0 radical (unpaired) electrons. The lowest BCUT2D eigenvalue weighted by Gasteiger charge is -2.37. The maximum absolute atomic E-state index is 12.4. The Morgan fingerprint density at radius 3 is 2.86 bits per heavy atom. The maximum atomic E-state index is 12.4. The van der Waals surface area contributed by atoms with Gasteiger partial charge in [0, 0.05) is 32.3 Å². The quantitative estimate of drug-likeness (QED) is 0.633. The highest BCUT2D eigenvalue weighted by Gasteiger charge is 2.33. The van der Waals surface area contributed by atoms with Gasteiger partial charge < -0.3 is 25.5 Å². The number of nitrogens with one attached hydrogen (secondary N) is 1. The maximum Gasteiger partial charge on any atom is 0.321 e. The molecular formula is C12H19ClN4O4. The minimum absolute atomic E-state index is 0. The van der Waals surface area contributed by atoms with Crippen LogP contribution < -0.4 is 5.73 Å². The Balaban J connectivity index is 0.00000220. The monoisotopic (exact) mass is 318 g/mol. The summed E-state index contributed by atoms with van der Waals surface area (Å²) in [6, 6.07) is 2.60. The number of nitro groups is 1. The molecule has 0 bridgehead atoms. The van der Waals surface area contributed by atoms with Crippen LogP contribution >= 0.6 is 12.4 Å². The van der Waals surface area contributed by atoms with E-state index in [0.29, 0.717) is 19.5 Å². The number of nitrogens with zero attached hydrogens (tertiary/aromatic N) is 2. The van der Waals surface area contributed by atoms with Crippen LogP contribution in [0.15, 0.2) is 12.1 Å². The molecule has 1 fully saturated rings. The first-order valence-corrected chi connectivity index (χ1v) is 6.44. The second-order valence-corrected chi connectivity index (χ2v) is 4.78. The molecule has 3 N–H and O–H groups in total. The number of carbonyl (C=O) groups is 1. The number of H-pyrrole nitrogens is 1. The molecule has 21 heavy (non-hydrogen) atoms. The summed E-state index contributed by atoms with van der Waals surface area (Å²) in [5.41, 5.74) is 5.93. The largest absolute Gasteiger partial charge is 0.381 e. The summed E-state index contributed by atoms with van der Waals surface area (Å²) >= 11 is 0. The van der Waals surface area contributed by atoms with Crippen LogP contribution in [0.1, 0.15) is 23.3 Å². The smallest absolute Gasteiger partial charge is 0.321 e. The molecule has 2 heterocycles. The second-order valence-electron chi connectivity index (χ2n) is 4.78. The lowest BCUT2D eigenvalue weighted by atomic mass is 9.99. The van der Waals surface area contributed by atoms with Gasteiger partial charge in [-0.05, 0) is 23.8 Å². The topological polar surface area (TPSA) is 114 Å².